The molecule has 0 radical (unpaired) electrons. The Labute approximate surface area is 196 Å². The van der Waals surface area contributed by atoms with E-state index in [-0.39, 0.29) is 6.79 Å². The Bertz CT molecular complexity index is 1390. The van der Waals surface area contributed by atoms with Gasteiger partial charge in [0.2, 0.25) is 11.7 Å². The molecule has 0 aliphatic heterocycles. The fraction of sp³-hybridized carbons (Fsp3) is 0.292. The molecule has 5 rings (SSSR count). The van der Waals surface area contributed by atoms with E-state index >= 15 is 0 Å². The highest BCUT2D eigenvalue weighted by Crippen LogP contribution is 2.31. The standard InChI is InChI=1S/C24H26N8O2/c1-4-18-23-25-21(5-2)28-32(23)31(24(18)34-15-33-3)14-16-10-12-17(13-11-16)19-8-6-7-9-20(19)22-26-29-30-27-22/h6-13H,4-5,14-15H2,1-3H3,(H,26,27,29,30). The number of tetrazole rings is 1. The topological polar surface area (TPSA) is 108 Å². The van der Waals surface area contributed by atoms with Crippen molar-refractivity contribution >= 4 is 5.65 Å². The van der Waals surface area contributed by atoms with Crippen LogP contribution in [0.4, 0.5) is 0 Å². The van der Waals surface area contributed by atoms with E-state index in [1.807, 2.05) is 27.5 Å². The van der Waals surface area contributed by atoms with Gasteiger partial charge in [-0.25, -0.2) is 9.67 Å². The van der Waals surface area contributed by atoms with Crippen molar-refractivity contribution in [3.63, 3.8) is 0 Å². The van der Waals surface area contributed by atoms with E-state index in [0.29, 0.717) is 12.4 Å². The van der Waals surface area contributed by atoms with Crippen LogP contribution < -0.4 is 4.74 Å². The highest BCUT2D eigenvalue weighted by Gasteiger charge is 2.21. The molecule has 3 aromatic heterocycles. The Kier molecular flexibility index (Phi) is 6.05. The molecule has 0 unspecified atom stereocenters. The van der Waals surface area contributed by atoms with E-state index in [1.54, 1.807) is 7.11 Å². The summed E-state index contributed by atoms with van der Waals surface area (Å²) in [5, 5.41) is 19.2. The fourth-order valence-electron chi connectivity index (χ4n) is 4.08. The summed E-state index contributed by atoms with van der Waals surface area (Å²) >= 11 is 0. The number of aromatic amines is 1. The Hall–Kier alpha value is -4.05. The van der Waals surface area contributed by atoms with Crippen LogP contribution in [-0.2, 0) is 24.1 Å². The minimum absolute atomic E-state index is 0.159. The zero-order valence-electron chi connectivity index (χ0n) is 19.4. The third kappa shape index (κ3) is 3.92. The van der Waals surface area contributed by atoms with Crippen LogP contribution in [0.3, 0.4) is 0 Å². The maximum Gasteiger partial charge on any atom is 0.219 e. The van der Waals surface area contributed by atoms with Gasteiger partial charge in [-0.2, -0.15) is 5.21 Å². The predicted molar refractivity (Wildman–Crippen MR) is 126 cm³/mol. The third-order valence-corrected chi connectivity index (χ3v) is 5.72. The molecule has 10 heteroatoms. The summed E-state index contributed by atoms with van der Waals surface area (Å²) in [4.78, 5) is 4.71. The molecule has 34 heavy (non-hydrogen) atoms. The molecule has 0 aliphatic carbocycles. The molecule has 2 aromatic carbocycles. The maximum atomic E-state index is 5.96. The van der Waals surface area contributed by atoms with Gasteiger partial charge < -0.3 is 9.47 Å². The smallest absolute Gasteiger partial charge is 0.219 e. The molecule has 0 saturated heterocycles. The van der Waals surface area contributed by atoms with E-state index < -0.39 is 0 Å². The van der Waals surface area contributed by atoms with Crippen molar-refractivity contribution in [2.45, 2.75) is 33.2 Å². The Morgan fingerprint density at radius 2 is 1.76 bits per heavy atom. The van der Waals surface area contributed by atoms with Gasteiger partial charge in [-0.15, -0.1) is 19.9 Å². The Morgan fingerprint density at radius 1 is 0.971 bits per heavy atom. The highest BCUT2D eigenvalue weighted by atomic mass is 16.7. The second-order valence-electron chi connectivity index (χ2n) is 7.82. The molecule has 0 amide bonds. The van der Waals surface area contributed by atoms with Crippen LogP contribution in [0.1, 0.15) is 30.8 Å². The molecule has 0 bridgehead atoms. The van der Waals surface area contributed by atoms with E-state index in [1.165, 1.54) is 0 Å². The molecule has 0 fully saturated rings. The minimum atomic E-state index is 0.159. The lowest BCUT2D eigenvalue weighted by Gasteiger charge is -2.13. The van der Waals surface area contributed by atoms with Gasteiger partial charge in [-0.1, -0.05) is 62.4 Å². The number of aryl methyl sites for hydroxylation is 2. The second-order valence-corrected chi connectivity index (χ2v) is 7.82. The number of benzene rings is 2. The zero-order chi connectivity index (χ0) is 23.5. The van der Waals surface area contributed by atoms with E-state index in [2.05, 4.69) is 64.8 Å². The molecule has 0 saturated carbocycles. The van der Waals surface area contributed by atoms with Gasteiger partial charge in [0.05, 0.1) is 12.1 Å². The molecule has 0 atom stereocenters. The molecule has 5 aromatic rings. The number of aromatic nitrogens is 8. The number of hydrogen-bond acceptors (Lipinski definition) is 7. The van der Waals surface area contributed by atoms with Gasteiger partial charge in [0.25, 0.3) is 0 Å². The lowest BCUT2D eigenvalue weighted by atomic mass is 9.98. The lowest BCUT2D eigenvalue weighted by molar-refractivity contribution is 0.0430. The summed E-state index contributed by atoms with van der Waals surface area (Å²) in [7, 11) is 1.61. The van der Waals surface area contributed by atoms with Gasteiger partial charge in [-0.3, -0.25) is 0 Å². The molecule has 174 valence electrons. The summed E-state index contributed by atoms with van der Waals surface area (Å²) < 4.78 is 15.0. The molecular weight excluding hydrogens is 432 g/mol. The van der Waals surface area contributed by atoms with Crippen LogP contribution in [0.5, 0.6) is 5.88 Å². The number of rotatable bonds is 9. The number of H-pyrrole nitrogens is 1. The van der Waals surface area contributed by atoms with E-state index in [9.17, 15) is 0 Å². The van der Waals surface area contributed by atoms with Gasteiger partial charge in [-0.05, 0) is 28.3 Å². The number of fused-ring (bicyclic) bond motifs is 1. The van der Waals surface area contributed by atoms with Crippen molar-refractivity contribution in [2.75, 3.05) is 13.9 Å². The molecule has 1 N–H and O–H groups in total. The first kappa shape index (κ1) is 21.8. The Morgan fingerprint density at radius 3 is 2.44 bits per heavy atom. The van der Waals surface area contributed by atoms with Crippen molar-refractivity contribution in [2.24, 2.45) is 0 Å². The first-order valence-electron chi connectivity index (χ1n) is 11.2. The van der Waals surface area contributed by atoms with Crippen molar-refractivity contribution in [3.8, 4) is 28.4 Å². The molecular formula is C24H26N8O2. The van der Waals surface area contributed by atoms with Crippen LogP contribution in [0, 0.1) is 0 Å². The van der Waals surface area contributed by atoms with Crippen molar-refractivity contribution in [3.05, 3.63) is 65.5 Å². The van der Waals surface area contributed by atoms with Gasteiger partial charge in [0, 0.05) is 19.1 Å². The van der Waals surface area contributed by atoms with E-state index in [0.717, 1.165) is 58.0 Å². The summed E-state index contributed by atoms with van der Waals surface area (Å²) in [5.74, 6) is 2.11. The van der Waals surface area contributed by atoms with Crippen LogP contribution in [0.2, 0.25) is 0 Å². The first-order chi connectivity index (χ1) is 16.7. The number of hydrogen-bond donors (Lipinski definition) is 1. The van der Waals surface area contributed by atoms with Crippen LogP contribution in [0.15, 0.2) is 48.5 Å². The van der Waals surface area contributed by atoms with E-state index in [4.69, 9.17) is 19.6 Å². The van der Waals surface area contributed by atoms with Crippen molar-refractivity contribution < 1.29 is 9.47 Å². The molecule has 3 heterocycles. The Balaban J connectivity index is 1.50. The molecule has 0 spiro atoms. The number of ether oxygens (including phenoxy) is 2. The second kappa shape index (κ2) is 9.44. The maximum absolute atomic E-state index is 5.96. The number of nitrogens with one attached hydrogen (secondary N) is 1. The summed E-state index contributed by atoms with van der Waals surface area (Å²) in [6.45, 7) is 4.88. The lowest BCUT2D eigenvalue weighted by Crippen LogP contribution is -2.13. The number of methoxy groups -OCH3 is 1. The average Bonchev–Trinajstić information content (AvgIpc) is 3.61. The van der Waals surface area contributed by atoms with Crippen LogP contribution in [-0.4, -0.2) is 53.9 Å². The predicted octanol–water partition coefficient (Wildman–Crippen LogP) is 3.53. The van der Waals surface area contributed by atoms with Gasteiger partial charge in [0.1, 0.15) is 0 Å². The largest absolute Gasteiger partial charge is 0.450 e. The van der Waals surface area contributed by atoms with Crippen LogP contribution >= 0.6 is 0 Å². The molecule has 0 aliphatic rings. The highest BCUT2D eigenvalue weighted by molar-refractivity contribution is 5.80. The SMILES string of the molecule is CCc1nc2c(CC)c(OCOC)n(Cc3ccc(-c4ccccc4-c4nn[nH]n4)cc3)n2n1. The zero-order valence-corrected chi connectivity index (χ0v) is 19.4. The van der Waals surface area contributed by atoms with Crippen molar-refractivity contribution in [1.29, 1.82) is 0 Å². The number of nitrogens with zero attached hydrogens (tertiary/aromatic N) is 7. The normalized spacial score (nSPS) is 11.4. The third-order valence-electron chi connectivity index (χ3n) is 5.72. The summed E-state index contributed by atoms with van der Waals surface area (Å²) in [6, 6.07) is 16.4. The average molecular weight is 459 g/mol. The minimum Gasteiger partial charge on any atom is -0.450 e. The van der Waals surface area contributed by atoms with Gasteiger partial charge >= 0.3 is 0 Å². The van der Waals surface area contributed by atoms with Crippen LogP contribution in [0.25, 0.3) is 28.2 Å². The monoisotopic (exact) mass is 458 g/mol. The van der Waals surface area contributed by atoms with Crippen molar-refractivity contribution in [1.82, 2.24) is 40.0 Å². The quantitative estimate of drug-likeness (QED) is 0.337. The van der Waals surface area contributed by atoms with Gasteiger partial charge in [0.15, 0.2) is 18.3 Å². The summed E-state index contributed by atoms with van der Waals surface area (Å²) in [5.41, 5.74) is 6.00. The first-order valence-corrected chi connectivity index (χ1v) is 11.2. The fourth-order valence-corrected chi connectivity index (χ4v) is 4.08. The molecule has 10 nitrogen and oxygen atoms in total. The summed E-state index contributed by atoms with van der Waals surface area (Å²) in [6.07, 6.45) is 1.55.